The van der Waals surface area contributed by atoms with E-state index in [-0.39, 0.29) is 16.1 Å². The molecular formula is C16H17ClN2O2. The molecule has 0 bridgehead atoms. The summed E-state index contributed by atoms with van der Waals surface area (Å²) >= 11 is 5.83. The summed E-state index contributed by atoms with van der Waals surface area (Å²) in [4.78, 5) is 15.1. The van der Waals surface area contributed by atoms with Gasteiger partial charge in [-0.05, 0) is 35.2 Å². The molecule has 0 aliphatic rings. The van der Waals surface area contributed by atoms with Gasteiger partial charge in [0, 0.05) is 5.69 Å². The molecular weight excluding hydrogens is 288 g/mol. The number of hydrogen-bond donors (Lipinski definition) is 2. The average molecular weight is 305 g/mol. The second-order valence-corrected chi connectivity index (χ2v) is 6.21. The lowest BCUT2D eigenvalue weighted by Crippen LogP contribution is -2.10. The molecule has 0 amide bonds. The number of hydrogen-bond acceptors (Lipinski definition) is 3. The SMILES string of the molecule is CC(C)(C)c1ccc(Nc2cc(C(=O)O)cc(Cl)n2)cc1. The van der Waals surface area contributed by atoms with Crippen molar-refractivity contribution in [2.45, 2.75) is 26.2 Å². The molecule has 0 unspecified atom stereocenters. The van der Waals surface area contributed by atoms with Crippen LogP contribution in [0, 0.1) is 0 Å². The summed E-state index contributed by atoms with van der Waals surface area (Å²) in [5.74, 6) is -0.631. The number of aromatic nitrogens is 1. The standard InChI is InChI=1S/C16H17ClN2O2/c1-16(2,3)11-4-6-12(7-5-11)18-14-9-10(15(20)21)8-13(17)19-14/h4-9H,1-3H3,(H,18,19)(H,20,21). The molecule has 0 saturated heterocycles. The maximum atomic E-state index is 11.0. The Morgan fingerprint density at radius 1 is 1.19 bits per heavy atom. The van der Waals surface area contributed by atoms with E-state index in [0.29, 0.717) is 5.82 Å². The zero-order valence-electron chi connectivity index (χ0n) is 12.1. The maximum absolute atomic E-state index is 11.0. The van der Waals surface area contributed by atoms with E-state index in [1.165, 1.54) is 17.7 Å². The Morgan fingerprint density at radius 2 is 1.81 bits per heavy atom. The van der Waals surface area contributed by atoms with Crippen LogP contribution in [0.5, 0.6) is 0 Å². The summed E-state index contributed by atoms with van der Waals surface area (Å²) in [6.07, 6.45) is 0. The molecule has 5 heteroatoms. The van der Waals surface area contributed by atoms with Crippen molar-refractivity contribution >= 4 is 29.1 Å². The van der Waals surface area contributed by atoms with Crippen molar-refractivity contribution in [1.29, 1.82) is 0 Å². The van der Waals surface area contributed by atoms with E-state index in [1.807, 2.05) is 24.3 Å². The van der Waals surface area contributed by atoms with Crippen molar-refractivity contribution in [3.63, 3.8) is 0 Å². The molecule has 21 heavy (non-hydrogen) atoms. The Morgan fingerprint density at radius 3 is 2.33 bits per heavy atom. The van der Waals surface area contributed by atoms with Gasteiger partial charge in [0.2, 0.25) is 0 Å². The van der Waals surface area contributed by atoms with Gasteiger partial charge in [0.25, 0.3) is 0 Å². The second kappa shape index (κ2) is 5.74. The number of carboxylic acids is 1. The van der Waals surface area contributed by atoms with Gasteiger partial charge in [-0.15, -0.1) is 0 Å². The molecule has 0 atom stereocenters. The molecule has 2 aromatic rings. The Kier molecular flexibility index (Phi) is 4.19. The van der Waals surface area contributed by atoms with Gasteiger partial charge in [0.15, 0.2) is 0 Å². The summed E-state index contributed by atoms with van der Waals surface area (Å²) < 4.78 is 0. The first kappa shape index (κ1) is 15.3. The van der Waals surface area contributed by atoms with Crippen molar-refractivity contribution in [3.05, 3.63) is 52.7 Å². The van der Waals surface area contributed by atoms with Crippen LogP contribution in [0.25, 0.3) is 0 Å². The Bertz CT molecular complexity index is 661. The van der Waals surface area contributed by atoms with E-state index in [4.69, 9.17) is 16.7 Å². The van der Waals surface area contributed by atoms with Gasteiger partial charge < -0.3 is 10.4 Å². The van der Waals surface area contributed by atoms with Crippen LogP contribution in [0.4, 0.5) is 11.5 Å². The summed E-state index contributed by atoms with van der Waals surface area (Å²) in [5.41, 5.74) is 2.24. The number of nitrogens with zero attached hydrogens (tertiary/aromatic N) is 1. The topological polar surface area (TPSA) is 62.2 Å². The number of carbonyl (C=O) groups is 1. The van der Waals surface area contributed by atoms with Crippen LogP contribution < -0.4 is 5.32 Å². The number of nitrogens with one attached hydrogen (secondary N) is 1. The molecule has 0 fully saturated rings. The third-order valence-electron chi connectivity index (χ3n) is 3.06. The van der Waals surface area contributed by atoms with Crippen LogP contribution >= 0.6 is 11.6 Å². The zero-order chi connectivity index (χ0) is 15.6. The van der Waals surface area contributed by atoms with Crippen LogP contribution in [-0.4, -0.2) is 16.1 Å². The number of pyridine rings is 1. The molecule has 2 N–H and O–H groups in total. The fourth-order valence-corrected chi connectivity index (χ4v) is 2.09. The summed E-state index contributed by atoms with van der Waals surface area (Å²) in [6, 6.07) is 10.7. The monoisotopic (exact) mass is 304 g/mol. The van der Waals surface area contributed by atoms with Crippen LogP contribution in [0.3, 0.4) is 0 Å². The lowest BCUT2D eigenvalue weighted by molar-refractivity contribution is 0.0697. The number of rotatable bonds is 3. The molecule has 1 aromatic carbocycles. The normalized spacial score (nSPS) is 11.2. The number of anilines is 2. The van der Waals surface area contributed by atoms with Crippen molar-refractivity contribution < 1.29 is 9.90 Å². The van der Waals surface area contributed by atoms with Gasteiger partial charge in [-0.3, -0.25) is 0 Å². The number of aromatic carboxylic acids is 1. The molecule has 0 aliphatic carbocycles. The fraction of sp³-hybridized carbons (Fsp3) is 0.250. The van der Waals surface area contributed by atoms with Crippen molar-refractivity contribution in [1.82, 2.24) is 4.98 Å². The van der Waals surface area contributed by atoms with Gasteiger partial charge in [-0.2, -0.15) is 0 Å². The highest BCUT2D eigenvalue weighted by Crippen LogP contribution is 2.25. The molecule has 110 valence electrons. The lowest BCUT2D eigenvalue weighted by atomic mass is 9.87. The molecule has 1 heterocycles. The van der Waals surface area contributed by atoms with Gasteiger partial charge >= 0.3 is 5.97 Å². The van der Waals surface area contributed by atoms with Gasteiger partial charge in [0.05, 0.1) is 5.56 Å². The minimum Gasteiger partial charge on any atom is -0.478 e. The van der Waals surface area contributed by atoms with Crippen LogP contribution in [0.15, 0.2) is 36.4 Å². The largest absolute Gasteiger partial charge is 0.478 e. The maximum Gasteiger partial charge on any atom is 0.335 e. The fourth-order valence-electron chi connectivity index (χ4n) is 1.89. The highest BCUT2D eigenvalue weighted by atomic mass is 35.5. The summed E-state index contributed by atoms with van der Waals surface area (Å²) in [5, 5.41) is 12.2. The van der Waals surface area contributed by atoms with E-state index in [9.17, 15) is 4.79 Å². The van der Waals surface area contributed by atoms with E-state index in [0.717, 1.165) is 5.69 Å². The highest BCUT2D eigenvalue weighted by molar-refractivity contribution is 6.29. The smallest absolute Gasteiger partial charge is 0.335 e. The zero-order valence-corrected chi connectivity index (χ0v) is 12.9. The highest BCUT2D eigenvalue weighted by Gasteiger charge is 2.13. The predicted octanol–water partition coefficient (Wildman–Crippen LogP) is 4.47. The number of halogens is 1. The van der Waals surface area contributed by atoms with Crippen LogP contribution in [-0.2, 0) is 5.41 Å². The third kappa shape index (κ3) is 3.95. The molecule has 0 radical (unpaired) electrons. The summed E-state index contributed by atoms with van der Waals surface area (Å²) in [6.45, 7) is 6.44. The molecule has 1 aromatic heterocycles. The Labute approximate surface area is 128 Å². The number of benzene rings is 1. The predicted molar refractivity (Wildman–Crippen MR) is 84.6 cm³/mol. The van der Waals surface area contributed by atoms with Crippen LogP contribution in [0.1, 0.15) is 36.7 Å². The van der Waals surface area contributed by atoms with Gasteiger partial charge in [0.1, 0.15) is 11.0 Å². The minimum absolute atomic E-state index is 0.0866. The molecule has 4 nitrogen and oxygen atoms in total. The second-order valence-electron chi connectivity index (χ2n) is 5.82. The summed E-state index contributed by atoms with van der Waals surface area (Å²) in [7, 11) is 0. The average Bonchev–Trinajstić information content (AvgIpc) is 2.37. The molecule has 0 saturated carbocycles. The number of carboxylic acid groups (broad SMARTS) is 1. The first-order chi connectivity index (χ1) is 9.75. The third-order valence-corrected chi connectivity index (χ3v) is 3.26. The van der Waals surface area contributed by atoms with Crippen molar-refractivity contribution in [2.75, 3.05) is 5.32 Å². The molecule has 2 rings (SSSR count). The molecule has 0 aliphatic heterocycles. The first-order valence-electron chi connectivity index (χ1n) is 6.54. The minimum atomic E-state index is -1.04. The Hall–Kier alpha value is -2.07. The van der Waals surface area contributed by atoms with Crippen molar-refractivity contribution in [3.8, 4) is 0 Å². The van der Waals surface area contributed by atoms with E-state index < -0.39 is 5.97 Å². The van der Waals surface area contributed by atoms with E-state index >= 15 is 0 Å². The van der Waals surface area contributed by atoms with Gasteiger partial charge in [-0.25, -0.2) is 9.78 Å². The first-order valence-corrected chi connectivity index (χ1v) is 6.92. The van der Waals surface area contributed by atoms with E-state index in [2.05, 4.69) is 31.1 Å². The lowest BCUT2D eigenvalue weighted by Gasteiger charge is -2.19. The molecule has 0 spiro atoms. The Balaban J connectivity index is 2.24. The van der Waals surface area contributed by atoms with Gasteiger partial charge in [-0.1, -0.05) is 44.5 Å². The van der Waals surface area contributed by atoms with E-state index in [1.54, 1.807) is 0 Å². The van der Waals surface area contributed by atoms with Crippen LogP contribution in [0.2, 0.25) is 5.15 Å². The quantitative estimate of drug-likeness (QED) is 0.821. The van der Waals surface area contributed by atoms with Crippen molar-refractivity contribution in [2.24, 2.45) is 0 Å².